The molecule has 0 aliphatic carbocycles. The van der Waals surface area contributed by atoms with Gasteiger partial charge in [0.25, 0.3) is 5.91 Å². The van der Waals surface area contributed by atoms with Crippen molar-refractivity contribution in [3.63, 3.8) is 0 Å². The molecule has 2 heterocycles. The van der Waals surface area contributed by atoms with E-state index in [-0.39, 0.29) is 12.5 Å². The number of carbonyl (C=O) groups excluding carboxylic acids is 1. The third-order valence-corrected chi connectivity index (χ3v) is 4.85. The fourth-order valence-corrected chi connectivity index (χ4v) is 3.47. The molecule has 2 aromatic carbocycles. The van der Waals surface area contributed by atoms with E-state index >= 15 is 0 Å². The zero-order valence-corrected chi connectivity index (χ0v) is 15.3. The number of fused-ring (bicyclic) bond motifs is 2. The first-order chi connectivity index (χ1) is 13.1. The van der Waals surface area contributed by atoms with Gasteiger partial charge in [-0.1, -0.05) is 36.4 Å². The number of rotatable bonds is 4. The SMILES string of the molecule is Cc1cc(C)n2ccc(C(=O)NC(CO)c3ccc4ccccc4c3)c2n1. The maximum atomic E-state index is 12.9. The van der Waals surface area contributed by atoms with Gasteiger partial charge in [0, 0.05) is 17.6 Å². The second-order valence-electron chi connectivity index (χ2n) is 6.78. The zero-order valence-electron chi connectivity index (χ0n) is 15.3. The molecule has 2 N–H and O–H groups in total. The Labute approximate surface area is 157 Å². The number of aliphatic hydroxyl groups is 1. The van der Waals surface area contributed by atoms with Gasteiger partial charge in [0.2, 0.25) is 0 Å². The van der Waals surface area contributed by atoms with Crippen molar-refractivity contribution in [1.29, 1.82) is 0 Å². The number of hydrogen-bond acceptors (Lipinski definition) is 3. The molecule has 0 bridgehead atoms. The van der Waals surface area contributed by atoms with Crippen molar-refractivity contribution in [2.45, 2.75) is 19.9 Å². The molecule has 0 saturated carbocycles. The smallest absolute Gasteiger partial charge is 0.255 e. The summed E-state index contributed by atoms with van der Waals surface area (Å²) in [4.78, 5) is 17.4. The summed E-state index contributed by atoms with van der Waals surface area (Å²) in [6.07, 6.45) is 1.84. The third-order valence-electron chi connectivity index (χ3n) is 4.85. The molecule has 0 radical (unpaired) electrons. The van der Waals surface area contributed by atoms with Crippen LogP contribution in [0, 0.1) is 13.8 Å². The third kappa shape index (κ3) is 3.17. The van der Waals surface area contributed by atoms with E-state index in [9.17, 15) is 9.90 Å². The molecule has 4 aromatic rings. The minimum Gasteiger partial charge on any atom is -0.394 e. The van der Waals surface area contributed by atoms with Gasteiger partial charge < -0.3 is 14.8 Å². The van der Waals surface area contributed by atoms with Crippen LogP contribution in [0.25, 0.3) is 16.4 Å². The van der Waals surface area contributed by atoms with E-state index in [4.69, 9.17) is 0 Å². The Bertz CT molecular complexity index is 1150. The second kappa shape index (κ2) is 6.85. The number of amides is 1. The molecule has 5 heteroatoms. The molecule has 2 aromatic heterocycles. The summed E-state index contributed by atoms with van der Waals surface area (Å²) in [5.41, 5.74) is 3.88. The van der Waals surface area contributed by atoms with E-state index in [0.29, 0.717) is 11.2 Å². The Morgan fingerprint density at radius 1 is 1.11 bits per heavy atom. The van der Waals surface area contributed by atoms with Crippen LogP contribution in [0.3, 0.4) is 0 Å². The molecule has 0 aliphatic heterocycles. The molecular weight excluding hydrogens is 338 g/mol. The van der Waals surface area contributed by atoms with E-state index in [1.165, 1.54) is 0 Å². The van der Waals surface area contributed by atoms with Crippen molar-refractivity contribution in [3.8, 4) is 0 Å². The van der Waals surface area contributed by atoms with Crippen LogP contribution in [-0.4, -0.2) is 27.0 Å². The van der Waals surface area contributed by atoms with Gasteiger partial charge in [0.05, 0.1) is 18.2 Å². The van der Waals surface area contributed by atoms with Crippen LogP contribution < -0.4 is 5.32 Å². The lowest BCUT2D eigenvalue weighted by Gasteiger charge is -2.17. The van der Waals surface area contributed by atoms with Gasteiger partial charge in [0.1, 0.15) is 5.65 Å². The van der Waals surface area contributed by atoms with Crippen LogP contribution in [0.4, 0.5) is 0 Å². The number of nitrogens with one attached hydrogen (secondary N) is 1. The van der Waals surface area contributed by atoms with Crippen LogP contribution in [0.5, 0.6) is 0 Å². The van der Waals surface area contributed by atoms with E-state index in [1.807, 2.05) is 73.0 Å². The number of aryl methyl sites for hydroxylation is 2. The predicted octanol–water partition coefficient (Wildman–Crippen LogP) is 3.57. The largest absolute Gasteiger partial charge is 0.394 e. The topological polar surface area (TPSA) is 66.6 Å². The number of benzene rings is 2. The van der Waals surface area contributed by atoms with Crippen molar-refractivity contribution in [2.24, 2.45) is 0 Å². The van der Waals surface area contributed by atoms with E-state index in [2.05, 4.69) is 10.3 Å². The van der Waals surface area contributed by atoms with Gasteiger partial charge in [-0.05, 0) is 48.4 Å². The minimum absolute atomic E-state index is 0.179. The van der Waals surface area contributed by atoms with Crippen LogP contribution in [-0.2, 0) is 0 Å². The minimum atomic E-state index is -0.483. The maximum absolute atomic E-state index is 12.9. The highest BCUT2D eigenvalue weighted by Gasteiger charge is 2.19. The average molecular weight is 359 g/mol. The normalized spacial score (nSPS) is 12.4. The summed E-state index contributed by atoms with van der Waals surface area (Å²) in [5, 5.41) is 15.0. The first-order valence-electron chi connectivity index (χ1n) is 8.92. The Morgan fingerprint density at radius 2 is 1.89 bits per heavy atom. The van der Waals surface area contributed by atoms with E-state index < -0.39 is 6.04 Å². The van der Waals surface area contributed by atoms with Crippen molar-refractivity contribution in [1.82, 2.24) is 14.7 Å². The van der Waals surface area contributed by atoms with Crippen LogP contribution in [0.1, 0.15) is 33.4 Å². The predicted molar refractivity (Wildman–Crippen MR) is 106 cm³/mol. The summed E-state index contributed by atoms with van der Waals surface area (Å²) in [6, 6.07) is 17.2. The Morgan fingerprint density at radius 3 is 2.67 bits per heavy atom. The fraction of sp³-hybridized carbons (Fsp3) is 0.182. The highest BCUT2D eigenvalue weighted by molar-refractivity contribution is 6.00. The van der Waals surface area contributed by atoms with Crippen LogP contribution in [0.2, 0.25) is 0 Å². The first-order valence-corrected chi connectivity index (χ1v) is 8.92. The number of aliphatic hydroxyl groups excluding tert-OH is 1. The molecule has 136 valence electrons. The second-order valence-corrected chi connectivity index (χ2v) is 6.78. The molecular formula is C22H21N3O2. The highest BCUT2D eigenvalue weighted by Crippen LogP contribution is 2.21. The molecule has 1 amide bonds. The first kappa shape index (κ1) is 17.2. The Hall–Kier alpha value is -3.18. The maximum Gasteiger partial charge on any atom is 0.255 e. The lowest BCUT2D eigenvalue weighted by atomic mass is 10.0. The fourth-order valence-electron chi connectivity index (χ4n) is 3.47. The summed E-state index contributed by atoms with van der Waals surface area (Å²) >= 11 is 0. The standard InChI is InChI=1S/C22H21N3O2/c1-14-11-15(2)25-10-9-19(21(25)23-14)22(27)24-20(13-26)18-8-7-16-5-3-4-6-17(16)12-18/h3-12,20,26H,13H2,1-2H3,(H,24,27). The molecule has 5 nitrogen and oxygen atoms in total. The summed E-state index contributed by atoms with van der Waals surface area (Å²) < 4.78 is 1.89. The van der Waals surface area contributed by atoms with Gasteiger partial charge in [-0.2, -0.15) is 0 Å². The Balaban J connectivity index is 1.66. The molecule has 0 fully saturated rings. The number of aromatic nitrogens is 2. The molecule has 4 rings (SSSR count). The molecule has 0 aliphatic rings. The van der Waals surface area contributed by atoms with Crippen LogP contribution in [0.15, 0.2) is 60.8 Å². The van der Waals surface area contributed by atoms with Crippen LogP contribution >= 0.6 is 0 Å². The van der Waals surface area contributed by atoms with E-state index in [1.54, 1.807) is 6.07 Å². The summed E-state index contributed by atoms with van der Waals surface area (Å²) in [5.74, 6) is -0.248. The molecule has 1 atom stereocenters. The molecule has 27 heavy (non-hydrogen) atoms. The number of nitrogens with zero attached hydrogens (tertiary/aromatic N) is 2. The molecule has 0 saturated heterocycles. The number of carbonyl (C=O) groups is 1. The van der Waals surface area contributed by atoms with Gasteiger partial charge in [-0.15, -0.1) is 0 Å². The zero-order chi connectivity index (χ0) is 19.0. The average Bonchev–Trinajstić information content (AvgIpc) is 3.10. The van der Waals surface area contributed by atoms with Crippen molar-refractivity contribution < 1.29 is 9.90 Å². The van der Waals surface area contributed by atoms with Crippen molar-refractivity contribution >= 4 is 22.3 Å². The quantitative estimate of drug-likeness (QED) is 0.585. The van der Waals surface area contributed by atoms with Crippen molar-refractivity contribution in [2.75, 3.05) is 6.61 Å². The van der Waals surface area contributed by atoms with Crippen molar-refractivity contribution in [3.05, 3.63) is 83.3 Å². The lowest BCUT2D eigenvalue weighted by molar-refractivity contribution is 0.0918. The van der Waals surface area contributed by atoms with Gasteiger partial charge in [-0.25, -0.2) is 4.98 Å². The summed E-state index contributed by atoms with van der Waals surface area (Å²) in [7, 11) is 0. The van der Waals surface area contributed by atoms with Gasteiger partial charge in [-0.3, -0.25) is 4.79 Å². The van der Waals surface area contributed by atoms with Gasteiger partial charge in [0.15, 0.2) is 0 Å². The summed E-state index contributed by atoms with van der Waals surface area (Å²) in [6.45, 7) is 3.71. The molecule has 0 spiro atoms. The molecule has 1 unspecified atom stereocenters. The monoisotopic (exact) mass is 359 g/mol. The Kier molecular flexibility index (Phi) is 4.38. The number of hydrogen-bond donors (Lipinski definition) is 2. The van der Waals surface area contributed by atoms with Gasteiger partial charge >= 0.3 is 0 Å². The van der Waals surface area contributed by atoms with E-state index in [0.717, 1.165) is 27.7 Å². The lowest BCUT2D eigenvalue weighted by Crippen LogP contribution is -2.30. The highest BCUT2D eigenvalue weighted by atomic mass is 16.3.